The number of carbonyl (C=O) groups is 1. The summed E-state index contributed by atoms with van der Waals surface area (Å²) in [5.74, 6) is -1.19. The summed E-state index contributed by atoms with van der Waals surface area (Å²) in [6.07, 6.45) is 1.38. The van der Waals surface area contributed by atoms with E-state index in [4.69, 9.17) is 0 Å². The van der Waals surface area contributed by atoms with Gasteiger partial charge in [0.25, 0.3) is 0 Å². The highest BCUT2D eigenvalue weighted by atomic mass is 16.6. The lowest BCUT2D eigenvalue weighted by molar-refractivity contribution is -0.140. The van der Waals surface area contributed by atoms with Gasteiger partial charge in [0.2, 0.25) is 5.76 Å². The topological polar surface area (TPSA) is 52.6 Å². The van der Waals surface area contributed by atoms with Gasteiger partial charge in [-0.15, -0.1) is 0 Å². The van der Waals surface area contributed by atoms with E-state index in [0.29, 0.717) is 0 Å². The standard InChI is InChI=1S/C7H7O4/c1-3-4-10-7(9)6(2)11-5-8/h3H,1-2,4H2. The van der Waals surface area contributed by atoms with E-state index in [1.54, 1.807) is 0 Å². The summed E-state index contributed by atoms with van der Waals surface area (Å²) in [6.45, 7) is 7.52. The van der Waals surface area contributed by atoms with E-state index in [-0.39, 0.29) is 12.4 Å². The van der Waals surface area contributed by atoms with Crippen LogP contribution < -0.4 is 0 Å². The average molecular weight is 155 g/mol. The number of hydrogen-bond donors (Lipinski definition) is 0. The lowest BCUT2D eigenvalue weighted by Crippen LogP contribution is -2.08. The highest BCUT2D eigenvalue weighted by Gasteiger charge is 2.08. The summed E-state index contributed by atoms with van der Waals surface area (Å²) in [5.41, 5.74) is 0. The highest BCUT2D eigenvalue weighted by molar-refractivity contribution is 5.86. The predicted molar refractivity (Wildman–Crippen MR) is 37.1 cm³/mol. The van der Waals surface area contributed by atoms with E-state index in [9.17, 15) is 9.59 Å². The molecule has 11 heavy (non-hydrogen) atoms. The summed E-state index contributed by atoms with van der Waals surface area (Å²) < 4.78 is 8.44. The normalized spacial score (nSPS) is 8.00. The van der Waals surface area contributed by atoms with Crippen LogP contribution in [-0.4, -0.2) is 19.0 Å². The Bertz CT molecular complexity index is 183. The summed E-state index contributed by atoms with van der Waals surface area (Å²) in [5, 5.41) is 0. The lowest BCUT2D eigenvalue weighted by atomic mass is 10.5. The largest absolute Gasteiger partial charge is 0.456 e. The van der Waals surface area contributed by atoms with Crippen molar-refractivity contribution >= 4 is 12.4 Å². The van der Waals surface area contributed by atoms with E-state index < -0.39 is 5.97 Å². The molecule has 0 saturated carbocycles. The van der Waals surface area contributed by atoms with Gasteiger partial charge in [0.05, 0.1) is 0 Å². The van der Waals surface area contributed by atoms with Gasteiger partial charge in [-0.05, 0) is 6.58 Å². The third kappa shape index (κ3) is 3.91. The quantitative estimate of drug-likeness (QED) is 0.248. The van der Waals surface area contributed by atoms with Crippen LogP contribution in [-0.2, 0) is 19.1 Å². The van der Waals surface area contributed by atoms with Crippen LogP contribution in [0.2, 0.25) is 0 Å². The Labute approximate surface area is 64.1 Å². The van der Waals surface area contributed by atoms with Crippen LogP contribution in [0.3, 0.4) is 0 Å². The molecule has 0 fully saturated rings. The Kier molecular flexibility index (Phi) is 4.47. The maximum atomic E-state index is 10.6. The fourth-order valence-corrected chi connectivity index (χ4v) is 0.307. The molecule has 4 heteroatoms. The lowest BCUT2D eigenvalue weighted by Gasteiger charge is -2.00. The molecular weight excluding hydrogens is 148 g/mol. The first-order valence-electron chi connectivity index (χ1n) is 2.73. The summed E-state index contributed by atoms with van der Waals surface area (Å²) in [6, 6.07) is 0. The maximum Gasteiger partial charge on any atom is 0.423 e. The first-order valence-corrected chi connectivity index (χ1v) is 2.73. The molecule has 0 aromatic rings. The first-order chi connectivity index (χ1) is 5.22. The van der Waals surface area contributed by atoms with Gasteiger partial charge in [0.1, 0.15) is 6.61 Å². The minimum absolute atomic E-state index is 0.0556. The molecule has 0 amide bonds. The number of carbonyl (C=O) groups excluding carboxylic acids is 2. The van der Waals surface area contributed by atoms with E-state index in [1.165, 1.54) is 6.08 Å². The van der Waals surface area contributed by atoms with Gasteiger partial charge < -0.3 is 9.47 Å². The van der Waals surface area contributed by atoms with E-state index in [2.05, 4.69) is 22.6 Å². The zero-order valence-corrected chi connectivity index (χ0v) is 5.83. The second-order valence-corrected chi connectivity index (χ2v) is 1.50. The number of ether oxygens (including phenoxy) is 2. The van der Waals surface area contributed by atoms with Crippen LogP contribution in [0.1, 0.15) is 0 Å². The Morgan fingerprint density at radius 3 is 2.73 bits per heavy atom. The van der Waals surface area contributed by atoms with Crippen LogP contribution in [0.5, 0.6) is 0 Å². The van der Waals surface area contributed by atoms with Gasteiger partial charge in [0.15, 0.2) is 0 Å². The fraction of sp³-hybridized carbons (Fsp3) is 0.143. The van der Waals surface area contributed by atoms with Gasteiger partial charge in [0, 0.05) is 0 Å². The van der Waals surface area contributed by atoms with Gasteiger partial charge in [-0.2, -0.15) is 0 Å². The third-order valence-corrected chi connectivity index (χ3v) is 0.725. The molecule has 4 nitrogen and oxygen atoms in total. The van der Waals surface area contributed by atoms with Crippen molar-refractivity contribution in [1.82, 2.24) is 0 Å². The predicted octanol–water partition coefficient (Wildman–Crippen LogP) is 0.313. The van der Waals surface area contributed by atoms with Gasteiger partial charge in [-0.1, -0.05) is 12.7 Å². The molecule has 0 bridgehead atoms. The molecule has 0 aliphatic carbocycles. The summed E-state index contributed by atoms with van der Waals surface area (Å²) in [4.78, 5) is 20.2. The molecule has 0 heterocycles. The van der Waals surface area contributed by atoms with Crippen molar-refractivity contribution in [3.05, 3.63) is 25.0 Å². The minimum Gasteiger partial charge on any atom is -0.456 e. The molecule has 1 radical (unpaired) electrons. The molecule has 0 unspecified atom stereocenters. The van der Waals surface area contributed by atoms with Crippen molar-refractivity contribution < 1.29 is 19.1 Å². The smallest absolute Gasteiger partial charge is 0.423 e. The maximum absolute atomic E-state index is 10.6. The molecule has 0 aromatic heterocycles. The second kappa shape index (κ2) is 5.22. The summed E-state index contributed by atoms with van der Waals surface area (Å²) in [7, 11) is 0. The fourth-order valence-electron chi connectivity index (χ4n) is 0.307. The number of esters is 1. The molecule has 59 valence electrons. The van der Waals surface area contributed by atoms with Crippen LogP contribution in [0.4, 0.5) is 0 Å². The molecule has 0 spiro atoms. The number of hydrogen-bond acceptors (Lipinski definition) is 4. The molecule has 0 aliphatic heterocycles. The second-order valence-electron chi connectivity index (χ2n) is 1.50. The molecular formula is C7H7O4. The zero-order chi connectivity index (χ0) is 8.69. The van der Waals surface area contributed by atoms with Crippen LogP contribution in [0.15, 0.2) is 25.0 Å². The Morgan fingerprint density at radius 1 is 1.64 bits per heavy atom. The molecule has 0 N–H and O–H groups in total. The van der Waals surface area contributed by atoms with E-state index in [1.807, 2.05) is 0 Å². The first kappa shape index (κ1) is 9.42. The van der Waals surface area contributed by atoms with Crippen molar-refractivity contribution in [3.8, 4) is 0 Å². The monoisotopic (exact) mass is 155 g/mol. The average Bonchev–Trinajstić information content (AvgIpc) is 2.00. The third-order valence-electron chi connectivity index (χ3n) is 0.725. The van der Waals surface area contributed by atoms with Crippen LogP contribution in [0, 0.1) is 0 Å². The highest BCUT2D eigenvalue weighted by Crippen LogP contribution is 1.94. The Hall–Kier alpha value is -1.58. The molecule has 0 atom stereocenters. The van der Waals surface area contributed by atoms with Crippen molar-refractivity contribution in [2.75, 3.05) is 6.61 Å². The number of rotatable bonds is 5. The van der Waals surface area contributed by atoms with Crippen molar-refractivity contribution in [1.29, 1.82) is 0 Å². The van der Waals surface area contributed by atoms with E-state index in [0.717, 1.165) is 6.47 Å². The molecule has 0 rings (SSSR count). The van der Waals surface area contributed by atoms with Gasteiger partial charge >= 0.3 is 12.4 Å². The van der Waals surface area contributed by atoms with Gasteiger partial charge in [-0.25, -0.2) is 9.59 Å². The Morgan fingerprint density at radius 2 is 2.27 bits per heavy atom. The zero-order valence-electron chi connectivity index (χ0n) is 5.83. The molecule has 0 saturated heterocycles. The molecule has 0 aromatic carbocycles. The van der Waals surface area contributed by atoms with Crippen molar-refractivity contribution in [2.24, 2.45) is 0 Å². The minimum atomic E-state index is -0.798. The van der Waals surface area contributed by atoms with Crippen molar-refractivity contribution in [2.45, 2.75) is 0 Å². The van der Waals surface area contributed by atoms with Gasteiger partial charge in [-0.3, -0.25) is 0 Å². The Balaban J connectivity index is 3.72. The summed E-state index contributed by atoms with van der Waals surface area (Å²) >= 11 is 0. The van der Waals surface area contributed by atoms with Crippen LogP contribution in [0.25, 0.3) is 0 Å². The van der Waals surface area contributed by atoms with Crippen LogP contribution >= 0.6 is 0 Å². The SMILES string of the molecule is C=CCOC(=O)C(=C)O[C]=O. The van der Waals surface area contributed by atoms with Crippen molar-refractivity contribution in [3.63, 3.8) is 0 Å². The van der Waals surface area contributed by atoms with E-state index >= 15 is 0 Å². The molecule has 0 aliphatic rings.